The Hall–Kier alpha value is -0.670. The summed E-state index contributed by atoms with van der Waals surface area (Å²) in [7, 11) is 0. The van der Waals surface area contributed by atoms with Gasteiger partial charge in [-0.1, -0.05) is 64.0 Å². The van der Waals surface area contributed by atoms with Gasteiger partial charge in [-0.05, 0) is 39.0 Å². The highest BCUT2D eigenvalue weighted by Crippen LogP contribution is 2.26. The molecule has 0 spiro atoms. The molecule has 3 unspecified atom stereocenters. The van der Waals surface area contributed by atoms with Gasteiger partial charge in [0.15, 0.2) is 12.4 Å². The Morgan fingerprint density at radius 2 is 1.54 bits per heavy atom. The summed E-state index contributed by atoms with van der Waals surface area (Å²) < 4.78 is 0.737. The summed E-state index contributed by atoms with van der Waals surface area (Å²) >= 11 is 0. The van der Waals surface area contributed by atoms with Gasteiger partial charge >= 0.3 is 0 Å². The van der Waals surface area contributed by atoms with Gasteiger partial charge in [0.1, 0.15) is 6.54 Å². The van der Waals surface area contributed by atoms with E-state index in [4.69, 9.17) is 0 Å². The Kier molecular flexibility index (Phi) is 12.9. The van der Waals surface area contributed by atoms with Crippen molar-refractivity contribution >= 4 is 6.21 Å². The van der Waals surface area contributed by atoms with E-state index in [2.05, 4.69) is 31.0 Å². The quantitative estimate of drug-likeness (QED) is 0.196. The maximum atomic E-state index is 10.2. The summed E-state index contributed by atoms with van der Waals surface area (Å²) in [5, 5.41) is 10.2. The largest absolute Gasteiger partial charge is 0.345 e. The van der Waals surface area contributed by atoms with Crippen LogP contribution in [0, 0.1) is 0 Å². The van der Waals surface area contributed by atoms with Crippen LogP contribution in [0.5, 0.6) is 0 Å². The van der Waals surface area contributed by atoms with Gasteiger partial charge in [0.05, 0.1) is 12.8 Å². The van der Waals surface area contributed by atoms with Gasteiger partial charge in [-0.3, -0.25) is 4.48 Å². The third-order valence-electron chi connectivity index (χ3n) is 6.10. The Morgan fingerprint density at radius 3 is 2.12 bits per heavy atom. The van der Waals surface area contributed by atoms with Gasteiger partial charge in [-0.15, -0.1) is 0 Å². The Bertz CT molecular complexity index is 392. The number of allylic oxidation sites excluding steroid dienone is 2. The second kappa shape index (κ2) is 14.4. The van der Waals surface area contributed by atoms with Crippen molar-refractivity contribution in [3.63, 3.8) is 0 Å². The monoisotopic (exact) mass is 365 g/mol. The average Bonchev–Trinajstić information content (AvgIpc) is 3.06. The normalized spacial score (nSPS) is 23.9. The molecule has 1 rings (SSSR count). The molecule has 1 aliphatic heterocycles. The van der Waals surface area contributed by atoms with Crippen LogP contribution < -0.4 is 0 Å². The van der Waals surface area contributed by atoms with Crippen LogP contribution in [0.1, 0.15) is 104 Å². The summed E-state index contributed by atoms with van der Waals surface area (Å²) in [4.78, 5) is 4.66. The maximum Gasteiger partial charge on any atom is 0.189 e. The van der Waals surface area contributed by atoms with E-state index in [1.807, 2.05) is 13.1 Å². The second-order valence-corrected chi connectivity index (χ2v) is 8.07. The lowest BCUT2D eigenvalue weighted by Crippen LogP contribution is -2.57. The van der Waals surface area contributed by atoms with E-state index in [0.29, 0.717) is 0 Å². The molecule has 0 radical (unpaired) electrons. The van der Waals surface area contributed by atoms with E-state index in [1.165, 1.54) is 77.0 Å². The van der Waals surface area contributed by atoms with E-state index >= 15 is 0 Å². The number of hydrogen-bond donors (Lipinski definition) is 1. The van der Waals surface area contributed by atoms with Crippen LogP contribution in [-0.4, -0.2) is 41.3 Å². The Morgan fingerprint density at radius 1 is 0.962 bits per heavy atom. The van der Waals surface area contributed by atoms with Crippen molar-refractivity contribution in [3.8, 4) is 0 Å². The first-order valence-corrected chi connectivity index (χ1v) is 11.4. The zero-order valence-corrected chi connectivity index (χ0v) is 17.8. The predicted molar refractivity (Wildman–Crippen MR) is 114 cm³/mol. The third kappa shape index (κ3) is 8.35. The standard InChI is InChI=1S/C23H45N2O/c1-4-6-7-8-9-10-11-12-13-14-15-16-17-18-19-23-24-20-21-25(23,5-2)22(3)26/h12-13,20,22-23,26H,4-11,14-19,21H2,1-3H3/q+1/b13-12+. The van der Waals surface area contributed by atoms with Crippen LogP contribution in [0.15, 0.2) is 17.1 Å². The van der Waals surface area contributed by atoms with Crippen molar-refractivity contribution in [1.29, 1.82) is 0 Å². The SMILES string of the molecule is CCCCCCCC/C=C/CCCCCCC1N=CC[N+]1(CC)C(C)O. The van der Waals surface area contributed by atoms with Crippen molar-refractivity contribution in [3.05, 3.63) is 12.2 Å². The van der Waals surface area contributed by atoms with E-state index < -0.39 is 0 Å². The first-order chi connectivity index (χ1) is 12.7. The van der Waals surface area contributed by atoms with Crippen LogP contribution >= 0.6 is 0 Å². The van der Waals surface area contributed by atoms with E-state index in [-0.39, 0.29) is 12.4 Å². The van der Waals surface area contributed by atoms with Crippen LogP contribution in [0.4, 0.5) is 0 Å². The molecule has 26 heavy (non-hydrogen) atoms. The van der Waals surface area contributed by atoms with Crippen LogP contribution in [0.3, 0.4) is 0 Å². The molecular weight excluding hydrogens is 320 g/mol. The summed E-state index contributed by atoms with van der Waals surface area (Å²) in [5.41, 5.74) is 0. The van der Waals surface area contributed by atoms with Gasteiger partial charge in [0.2, 0.25) is 0 Å². The molecule has 3 nitrogen and oxygen atoms in total. The molecule has 0 fully saturated rings. The summed E-state index contributed by atoms with van der Waals surface area (Å²) in [6.07, 6.45) is 23.9. The fourth-order valence-electron chi connectivity index (χ4n) is 4.13. The molecule has 0 saturated heterocycles. The van der Waals surface area contributed by atoms with Crippen molar-refractivity contribution in [2.24, 2.45) is 4.99 Å². The number of aliphatic imine (C=N–C) groups is 1. The Labute approximate surface area is 163 Å². The minimum Gasteiger partial charge on any atom is -0.345 e. The molecule has 0 aromatic heterocycles. The van der Waals surface area contributed by atoms with Crippen molar-refractivity contribution in [1.82, 2.24) is 0 Å². The topological polar surface area (TPSA) is 32.6 Å². The number of aliphatic hydroxyl groups excluding tert-OH is 1. The zero-order valence-electron chi connectivity index (χ0n) is 17.8. The number of quaternary nitrogens is 1. The molecule has 0 aromatic rings. The number of nitrogens with zero attached hydrogens (tertiary/aromatic N) is 2. The zero-order chi connectivity index (χ0) is 19.1. The lowest BCUT2D eigenvalue weighted by molar-refractivity contribution is -0.976. The highest BCUT2D eigenvalue weighted by atomic mass is 16.3. The molecule has 1 N–H and O–H groups in total. The highest BCUT2D eigenvalue weighted by molar-refractivity contribution is 5.60. The minimum absolute atomic E-state index is 0.275. The average molecular weight is 366 g/mol. The molecule has 0 saturated carbocycles. The molecule has 1 aliphatic rings. The molecule has 0 aliphatic carbocycles. The lowest BCUT2D eigenvalue weighted by Gasteiger charge is -2.40. The van der Waals surface area contributed by atoms with Crippen molar-refractivity contribution < 1.29 is 9.59 Å². The molecule has 152 valence electrons. The van der Waals surface area contributed by atoms with Gasteiger partial charge in [0.25, 0.3) is 0 Å². The molecule has 3 atom stereocenters. The van der Waals surface area contributed by atoms with Crippen LogP contribution in [0.25, 0.3) is 0 Å². The van der Waals surface area contributed by atoms with Crippen molar-refractivity contribution in [2.45, 2.75) is 117 Å². The van der Waals surface area contributed by atoms with E-state index in [9.17, 15) is 5.11 Å². The molecular formula is C23H45N2O+. The summed E-state index contributed by atoms with van der Waals surface area (Å²) in [5.74, 6) is 0. The number of rotatable bonds is 16. The first-order valence-electron chi connectivity index (χ1n) is 11.4. The number of aliphatic hydroxyl groups is 1. The number of hydrogen-bond acceptors (Lipinski definition) is 2. The number of unbranched alkanes of at least 4 members (excludes halogenated alkanes) is 10. The van der Waals surface area contributed by atoms with Gasteiger partial charge in [-0.2, -0.15) is 0 Å². The fourth-order valence-corrected chi connectivity index (χ4v) is 4.13. The van der Waals surface area contributed by atoms with Gasteiger partial charge < -0.3 is 5.11 Å². The third-order valence-corrected chi connectivity index (χ3v) is 6.10. The molecule has 1 heterocycles. The molecule has 3 heteroatoms. The maximum absolute atomic E-state index is 10.2. The fraction of sp³-hybridized carbons (Fsp3) is 0.870. The van der Waals surface area contributed by atoms with Gasteiger partial charge in [0, 0.05) is 13.3 Å². The summed E-state index contributed by atoms with van der Waals surface area (Å²) in [6, 6.07) is 0. The molecule has 0 amide bonds. The molecule has 0 bridgehead atoms. The highest BCUT2D eigenvalue weighted by Gasteiger charge is 2.41. The molecule has 0 aromatic carbocycles. The van der Waals surface area contributed by atoms with E-state index in [0.717, 1.165) is 24.0 Å². The van der Waals surface area contributed by atoms with Gasteiger partial charge in [-0.25, -0.2) is 4.99 Å². The first kappa shape index (κ1) is 23.4. The van der Waals surface area contributed by atoms with Crippen LogP contribution in [-0.2, 0) is 0 Å². The second-order valence-electron chi connectivity index (χ2n) is 8.07. The smallest absolute Gasteiger partial charge is 0.189 e. The minimum atomic E-state index is -0.315. The van der Waals surface area contributed by atoms with Crippen LogP contribution in [0.2, 0.25) is 0 Å². The van der Waals surface area contributed by atoms with Crippen molar-refractivity contribution in [2.75, 3.05) is 13.1 Å². The lowest BCUT2D eigenvalue weighted by atomic mass is 10.1. The summed E-state index contributed by atoms with van der Waals surface area (Å²) in [6.45, 7) is 8.22. The van der Waals surface area contributed by atoms with E-state index in [1.54, 1.807) is 0 Å². The Balaban J connectivity index is 1.98. The predicted octanol–water partition coefficient (Wildman–Crippen LogP) is 6.22.